The zero-order valence-electron chi connectivity index (χ0n) is 17.6. The molecule has 1 N–H and O–H groups in total. The van der Waals surface area contributed by atoms with E-state index in [1.54, 1.807) is 6.07 Å². The molecular formula is C22H30N6O2. The summed E-state index contributed by atoms with van der Waals surface area (Å²) in [5.41, 5.74) is 1.23. The summed E-state index contributed by atoms with van der Waals surface area (Å²) in [5, 5.41) is 3.52. The van der Waals surface area contributed by atoms with Crippen LogP contribution in [0.3, 0.4) is 0 Å². The Bertz CT molecular complexity index is 955. The topological polar surface area (TPSA) is 85.2 Å². The molecule has 1 aliphatic carbocycles. The van der Waals surface area contributed by atoms with Gasteiger partial charge in [-0.15, -0.1) is 0 Å². The van der Waals surface area contributed by atoms with Gasteiger partial charge < -0.3 is 19.5 Å². The number of piperidine rings is 1. The lowest BCUT2D eigenvalue weighted by atomic mass is 9.83. The molecule has 8 nitrogen and oxygen atoms in total. The Balaban J connectivity index is 1.41. The first-order chi connectivity index (χ1) is 14.7. The summed E-state index contributed by atoms with van der Waals surface area (Å²) in [4.78, 5) is 28.4. The van der Waals surface area contributed by atoms with Crippen molar-refractivity contribution in [3.05, 3.63) is 34.2 Å². The van der Waals surface area contributed by atoms with Crippen molar-refractivity contribution < 1.29 is 4.74 Å². The lowest BCUT2D eigenvalue weighted by Gasteiger charge is -2.42. The van der Waals surface area contributed by atoms with Gasteiger partial charge in [0, 0.05) is 43.4 Å². The van der Waals surface area contributed by atoms with Crippen molar-refractivity contribution in [1.29, 1.82) is 0 Å². The smallest absolute Gasteiger partial charge is 0.323 e. The Kier molecular flexibility index (Phi) is 5.31. The predicted octanol–water partition coefficient (Wildman–Crippen LogP) is 2.80. The standard InChI is InChI=1S/C22H30N6O2/c1-2-30-22-25-20(23-17-7-4-3-5-8-17)24-21(26-22)27-12-15-11-16(14-27)18-9-6-10-19(29)28(18)13-15/h6,9-10,15-17H,2-5,7-8,11-14H2,1H3,(H,23,24,25,26)/t15-,16+/m1/s1. The summed E-state index contributed by atoms with van der Waals surface area (Å²) < 4.78 is 7.61. The number of nitrogens with one attached hydrogen (secondary N) is 1. The molecule has 2 fully saturated rings. The van der Waals surface area contributed by atoms with Crippen molar-refractivity contribution in [3.8, 4) is 6.01 Å². The van der Waals surface area contributed by atoms with Crippen LogP contribution in [-0.2, 0) is 6.54 Å². The lowest BCUT2D eigenvalue weighted by Crippen LogP contribution is -2.47. The summed E-state index contributed by atoms with van der Waals surface area (Å²) in [5.74, 6) is 2.02. The molecule has 5 rings (SSSR count). The summed E-state index contributed by atoms with van der Waals surface area (Å²) in [7, 11) is 0. The molecule has 2 aromatic rings. The first-order valence-electron chi connectivity index (χ1n) is 11.3. The molecule has 1 saturated heterocycles. The Morgan fingerprint density at radius 2 is 1.97 bits per heavy atom. The van der Waals surface area contributed by atoms with Crippen LogP contribution in [0.4, 0.5) is 11.9 Å². The highest BCUT2D eigenvalue weighted by Crippen LogP contribution is 2.36. The molecule has 4 heterocycles. The lowest BCUT2D eigenvalue weighted by molar-refractivity contribution is 0.277. The van der Waals surface area contributed by atoms with Gasteiger partial charge in [-0.25, -0.2) is 0 Å². The molecular weight excluding hydrogens is 380 g/mol. The van der Waals surface area contributed by atoms with Crippen molar-refractivity contribution in [2.75, 3.05) is 29.9 Å². The molecule has 2 aromatic heterocycles. The molecule has 2 aliphatic heterocycles. The maximum atomic E-state index is 12.3. The van der Waals surface area contributed by atoms with E-state index < -0.39 is 0 Å². The minimum absolute atomic E-state index is 0.105. The van der Waals surface area contributed by atoms with Gasteiger partial charge in [0.05, 0.1) is 6.61 Å². The number of pyridine rings is 1. The number of aromatic nitrogens is 4. The van der Waals surface area contributed by atoms with Gasteiger partial charge in [-0.1, -0.05) is 25.3 Å². The summed E-state index contributed by atoms with van der Waals surface area (Å²) in [6, 6.07) is 6.42. The number of hydrogen-bond acceptors (Lipinski definition) is 7. The molecule has 0 amide bonds. The van der Waals surface area contributed by atoms with E-state index in [4.69, 9.17) is 9.72 Å². The fraction of sp³-hybridized carbons (Fsp3) is 0.636. The Hall–Kier alpha value is -2.64. The van der Waals surface area contributed by atoms with Gasteiger partial charge in [0.25, 0.3) is 5.56 Å². The Morgan fingerprint density at radius 1 is 1.10 bits per heavy atom. The van der Waals surface area contributed by atoms with E-state index in [1.807, 2.05) is 17.6 Å². The van der Waals surface area contributed by atoms with E-state index in [0.717, 1.165) is 44.6 Å². The fourth-order valence-corrected chi connectivity index (χ4v) is 5.23. The average Bonchev–Trinajstić information content (AvgIpc) is 2.75. The third-order valence-corrected chi connectivity index (χ3v) is 6.58. The maximum Gasteiger partial charge on any atom is 0.323 e. The van der Waals surface area contributed by atoms with Crippen LogP contribution in [0.1, 0.15) is 57.1 Å². The van der Waals surface area contributed by atoms with Gasteiger partial charge >= 0.3 is 6.01 Å². The Morgan fingerprint density at radius 3 is 2.80 bits per heavy atom. The molecule has 1 saturated carbocycles. The van der Waals surface area contributed by atoms with Crippen LogP contribution in [0.2, 0.25) is 0 Å². The monoisotopic (exact) mass is 410 g/mol. The van der Waals surface area contributed by atoms with Crippen LogP contribution in [0.5, 0.6) is 6.01 Å². The minimum atomic E-state index is 0.105. The second kappa shape index (κ2) is 8.24. The first kappa shape index (κ1) is 19.3. The molecule has 8 heteroatoms. The van der Waals surface area contributed by atoms with Crippen LogP contribution < -0.4 is 20.5 Å². The third kappa shape index (κ3) is 3.87. The van der Waals surface area contributed by atoms with Crippen molar-refractivity contribution in [2.24, 2.45) is 5.92 Å². The molecule has 2 atom stereocenters. The van der Waals surface area contributed by atoms with Gasteiger partial charge in [0.2, 0.25) is 11.9 Å². The van der Waals surface area contributed by atoms with E-state index in [2.05, 4.69) is 26.3 Å². The summed E-state index contributed by atoms with van der Waals surface area (Å²) in [6.45, 7) is 4.87. The van der Waals surface area contributed by atoms with Crippen LogP contribution in [-0.4, -0.2) is 45.3 Å². The SMILES string of the molecule is CCOc1nc(NC2CCCCC2)nc(N2C[C@H]3C[C@@H](C2)c2cccc(=O)n2C3)n1. The number of rotatable bonds is 5. The predicted molar refractivity (Wildman–Crippen MR) is 115 cm³/mol. The molecule has 0 aromatic carbocycles. The molecule has 2 bridgehead atoms. The second-order valence-electron chi connectivity index (χ2n) is 8.76. The van der Waals surface area contributed by atoms with E-state index in [1.165, 1.54) is 19.3 Å². The molecule has 160 valence electrons. The van der Waals surface area contributed by atoms with Crippen molar-refractivity contribution in [2.45, 2.75) is 64.0 Å². The number of nitrogens with zero attached hydrogens (tertiary/aromatic N) is 5. The normalized spacial score (nSPS) is 23.7. The average molecular weight is 411 g/mol. The highest BCUT2D eigenvalue weighted by atomic mass is 16.5. The maximum absolute atomic E-state index is 12.3. The van der Waals surface area contributed by atoms with E-state index in [9.17, 15) is 4.79 Å². The molecule has 0 spiro atoms. The fourth-order valence-electron chi connectivity index (χ4n) is 5.23. The van der Waals surface area contributed by atoms with E-state index in [0.29, 0.717) is 42.4 Å². The largest absolute Gasteiger partial charge is 0.464 e. The molecule has 0 radical (unpaired) electrons. The van der Waals surface area contributed by atoms with Crippen LogP contribution in [0, 0.1) is 5.92 Å². The second-order valence-corrected chi connectivity index (χ2v) is 8.76. The van der Waals surface area contributed by atoms with Crippen LogP contribution in [0.15, 0.2) is 23.0 Å². The molecule has 30 heavy (non-hydrogen) atoms. The Labute approximate surface area is 176 Å². The van der Waals surface area contributed by atoms with Crippen molar-refractivity contribution in [3.63, 3.8) is 0 Å². The molecule has 3 aliphatic rings. The number of fused-ring (bicyclic) bond motifs is 4. The summed E-state index contributed by atoms with van der Waals surface area (Å²) in [6.07, 6.45) is 7.24. The summed E-state index contributed by atoms with van der Waals surface area (Å²) >= 11 is 0. The molecule has 0 unspecified atom stereocenters. The van der Waals surface area contributed by atoms with Crippen molar-refractivity contribution in [1.82, 2.24) is 19.5 Å². The quantitative estimate of drug-likeness (QED) is 0.811. The highest BCUT2D eigenvalue weighted by molar-refractivity contribution is 5.41. The van der Waals surface area contributed by atoms with E-state index >= 15 is 0 Å². The van der Waals surface area contributed by atoms with Crippen LogP contribution in [0.25, 0.3) is 0 Å². The zero-order valence-corrected chi connectivity index (χ0v) is 17.6. The number of anilines is 2. The third-order valence-electron chi connectivity index (χ3n) is 6.58. The van der Waals surface area contributed by atoms with E-state index in [-0.39, 0.29) is 5.56 Å². The van der Waals surface area contributed by atoms with Gasteiger partial charge in [-0.2, -0.15) is 15.0 Å². The van der Waals surface area contributed by atoms with Gasteiger partial charge in [-0.05, 0) is 38.2 Å². The van der Waals surface area contributed by atoms with Gasteiger partial charge in [0.1, 0.15) is 0 Å². The number of ether oxygens (including phenoxy) is 1. The highest BCUT2D eigenvalue weighted by Gasteiger charge is 2.35. The van der Waals surface area contributed by atoms with Crippen molar-refractivity contribution >= 4 is 11.9 Å². The zero-order chi connectivity index (χ0) is 20.5. The van der Waals surface area contributed by atoms with Gasteiger partial charge in [0.15, 0.2) is 0 Å². The minimum Gasteiger partial charge on any atom is -0.464 e. The van der Waals surface area contributed by atoms with Gasteiger partial charge in [-0.3, -0.25) is 4.79 Å². The first-order valence-corrected chi connectivity index (χ1v) is 11.3. The number of hydrogen-bond donors (Lipinski definition) is 1. The van der Waals surface area contributed by atoms with Crippen LogP contribution >= 0.6 is 0 Å².